The van der Waals surface area contributed by atoms with Crippen molar-refractivity contribution >= 4 is 0 Å². The number of benzene rings is 2. The first-order valence-electron chi connectivity index (χ1n) is 5.96. The molecular formula is C15H16FNO2. The van der Waals surface area contributed by atoms with Gasteiger partial charge in [-0.25, -0.2) is 4.39 Å². The van der Waals surface area contributed by atoms with E-state index in [1.807, 2.05) is 12.1 Å². The number of ether oxygens (including phenoxy) is 1. The SMILES string of the molecule is COc1ccc(F)cc1C(O)c1ccc(CN)cc1. The molecule has 0 aliphatic heterocycles. The second-order valence-corrected chi connectivity index (χ2v) is 4.23. The van der Waals surface area contributed by atoms with E-state index >= 15 is 0 Å². The Kier molecular flexibility index (Phi) is 4.14. The van der Waals surface area contributed by atoms with E-state index < -0.39 is 11.9 Å². The van der Waals surface area contributed by atoms with Gasteiger partial charge in [0.2, 0.25) is 0 Å². The molecule has 3 N–H and O–H groups in total. The van der Waals surface area contributed by atoms with E-state index in [4.69, 9.17) is 10.5 Å². The zero-order valence-electron chi connectivity index (χ0n) is 10.6. The molecule has 4 heteroatoms. The lowest BCUT2D eigenvalue weighted by atomic mass is 9.99. The highest BCUT2D eigenvalue weighted by Gasteiger charge is 2.16. The van der Waals surface area contributed by atoms with Crippen molar-refractivity contribution in [3.05, 3.63) is 65.0 Å². The Morgan fingerprint density at radius 2 is 1.89 bits per heavy atom. The number of methoxy groups -OCH3 is 1. The molecule has 0 radical (unpaired) electrons. The van der Waals surface area contributed by atoms with Crippen LogP contribution in [0.15, 0.2) is 42.5 Å². The van der Waals surface area contributed by atoms with Gasteiger partial charge in [-0.1, -0.05) is 24.3 Å². The molecule has 1 unspecified atom stereocenters. The van der Waals surface area contributed by atoms with E-state index in [2.05, 4.69) is 0 Å². The third kappa shape index (κ3) is 2.92. The van der Waals surface area contributed by atoms with Crippen LogP contribution in [0.3, 0.4) is 0 Å². The monoisotopic (exact) mass is 261 g/mol. The van der Waals surface area contributed by atoms with E-state index in [9.17, 15) is 9.50 Å². The molecule has 2 aromatic carbocycles. The van der Waals surface area contributed by atoms with Crippen LogP contribution >= 0.6 is 0 Å². The third-order valence-corrected chi connectivity index (χ3v) is 3.02. The van der Waals surface area contributed by atoms with Gasteiger partial charge in [-0.15, -0.1) is 0 Å². The number of nitrogens with two attached hydrogens (primary N) is 1. The number of halogens is 1. The lowest BCUT2D eigenvalue weighted by molar-refractivity contribution is 0.214. The quantitative estimate of drug-likeness (QED) is 0.888. The third-order valence-electron chi connectivity index (χ3n) is 3.02. The number of hydrogen-bond acceptors (Lipinski definition) is 3. The number of aliphatic hydroxyl groups is 1. The van der Waals surface area contributed by atoms with Crippen LogP contribution in [-0.4, -0.2) is 12.2 Å². The van der Waals surface area contributed by atoms with E-state index in [-0.39, 0.29) is 0 Å². The Labute approximate surface area is 111 Å². The molecule has 2 aromatic rings. The van der Waals surface area contributed by atoms with Crippen molar-refractivity contribution < 1.29 is 14.2 Å². The van der Waals surface area contributed by atoms with E-state index in [0.29, 0.717) is 23.4 Å². The van der Waals surface area contributed by atoms with Crippen LogP contribution in [0, 0.1) is 5.82 Å². The highest BCUT2D eigenvalue weighted by atomic mass is 19.1. The van der Waals surface area contributed by atoms with Crippen LogP contribution in [0.2, 0.25) is 0 Å². The molecular weight excluding hydrogens is 245 g/mol. The van der Waals surface area contributed by atoms with E-state index in [1.165, 1.54) is 25.3 Å². The van der Waals surface area contributed by atoms with Gasteiger partial charge in [0.15, 0.2) is 0 Å². The van der Waals surface area contributed by atoms with Gasteiger partial charge in [-0.3, -0.25) is 0 Å². The Morgan fingerprint density at radius 1 is 1.21 bits per heavy atom. The van der Waals surface area contributed by atoms with Crippen LogP contribution in [0.4, 0.5) is 4.39 Å². The summed E-state index contributed by atoms with van der Waals surface area (Å²) in [6, 6.07) is 11.3. The van der Waals surface area contributed by atoms with E-state index in [0.717, 1.165) is 5.56 Å². The minimum absolute atomic E-state index is 0.406. The van der Waals surface area contributed by atoms with Gasteiger partial charge in [-0.05, 0) is 29.3 Å². The number of hydrogen-bond donors (Lipinski definition) is 2. The lowest BCUT2D eigenvalue weighted by Gasteiger charge is -2.15. The first-order chi connectivity index (χ1) is 9.15. The largest absolute Gasteiger partial charge is 0.496 e. The van der Waals surface area contributed by atoms with Crippen molar-refractivity contribution in [2.45, 2.75) is 12.6 Å². The van der Waals surface area contributed by atoms with E-state index in [1.54, 1.807) is 12.1 Å². The van der Waals surface area contributed by atoms with Crippen molar-refractivity contribution in [2.24, 2.45) is 5.73 Å². The average molecular weight is 261 g/mol. The molecule has 0 fully saturated rings. The summed E-state index contributed by atoms with van der Waals surface area (Å²) in [6.07, 6.45) is -0.933. The number of rotatable bonds is 4. The molecule has 100 valence electrons. The van der Waals surface area contributed by atoms with Crippen LogP contribution in [0.25, 0.3) is 0 Å². The minimum Gasteiger partial charge on any atom is -0.496 e. The highest BCUT2D eigenvalue weighted by Crippen LogP contribution is 2.30. The maximum Gasteiger partial charge on any atom is 0.125 e. The summed E-state index contributed by atoms with van der Waals surface area (Å²) in [5, 5.41) is 10.3. The van der Waals surface area contributed by atoms with Gasteiger partial charge in [-0.2, -0.15) is 0 Å². The van der Waals surface area contributed by atoms with Crippen molar-refractivity contribution in [1.29, 1.82) is 0 Å². The average Bonchev–Trinajstić information content (AvgIpc) is 2.46. The maximum atomic E-state index is 13.3. The fraction of sp³-hybridized carbons (Fsp3) is 0.200. The zero-order chi connectivity index (χ0) is 13.8. The normalized spacial score (nSPS) is 12.2. The predicted octanol–water partition coefficient (Wildman–Crippen LogP) is 2.37. The van der Waals surface area contributed by atoms with Gasteiger partial charge < -0.3 is 15.6 Å². The van der Waals surface area contributed by atoms with Crippen LogP contribution < -0.4 is 10.5 Å². The Bertz CT molecular complexity index is 555. The minimum atomic E-state index is -0.933. The summed E-state index contributed by atoms with van der Waals surface area (Å²) in [5.74, 6) is 0.0465. The van der Waals surface area contributed by atoms with Crippen molar-refractivity contribution in [3.8, 4) is 5.75 Å². The number of aliphatic hydroxyl groups excluding tert-OH is 1. The Balaban J connectivity index is 2.36. The summed E-state index contributed by atoms with van der Waals surface area (Å²) < 4.78 is 18.4. The van der Waals surface area contributed by atoms with Crippen LogP contribution in [0.5, 0.6) is 5.75 Å². The Morgan fingerprint density at radius 3 is 2.47 bits per heavy atom. The topological polar surface area (TPSA) is 55.5 Å². The standard InChI is InChI=1S/C15H16FNO2/c1-19-14-7-6-12(16)8-13(14)15(18)11-4-2-10(9-17)3-5-11/h2-8,15,18H,9,17H2,1H3. The van der Waals surface area contributed by atoms with Crippen LogP contribution in [0.1, 0.15) is 22.8 Å². The summed E-state index contributed by atoms with van der Waals surface area (Å²) in [5.41, 5.74) is 7.57. The molecule has 0 saturated carbocycles. The van der Waals surface area contributed by atoms with Gasteiger partial charge >= 0.3 is 0 Å². The summed E-state index contributed by atoms with van der Waals surface area (Å²) in [7, 11) is 1.49. The molecule has 0 aromatic heterocycles. The molecule has 0 aliphatic rings. The van der Waals surface area contributed by atoms with Gasteiger partial charge in [0.25, 0.3) is 0 Å². The van der Waals surface area contributed by atoms with Crippen LogP contribution in [-0.2, 0) is 6.54 Å². The highest BCUT2D eigenvalue weighted by molar-refractivity contribution is 5.41. The first-order valence-corrected chi connectivity index (χ1v) is 5.96. The van der Waals surface area contributed by atoms with Crippen molar-refractivity contribution in [1.82, 2.24) is 0 Å². The summed E-state index contributed by atoms with van der Waals surface area (Å²) in [6.45, 7) is 0.444. The maximum absolute atomic E-state index is 13.3. The molecule has 0 amide bonds. The molecule has 0 heterocycles. The summed E-state index contributed by atoms with van der Waals surface area (Å²) >= 11 is 0. The van der Waals surface area contributed by atoms with Gasteiger partial charge in [0, 0.05) is 12.1 Å². The molecule has 1 atom stereocenters. The molecule has 2 rings (SSSR count). The molecule has 3 nitrogen and oxygen atoms in total. The summed E-state index contributed by atoms with van der Waals surface area (Å²) in [4.78, 5) is 0. The fourth-order valence-corrected chi connectivity index (χ4v) is 1.93. The molecule has 19 heavy (non-hydrogen) atoms. The molecule has 0 bridgehead atoms. The lowest BCUT2D eigenvalue weighted by Crippen LogP contribution is -2.04. The smallest absolute Gasteiger partial charge is 0.125 e. The van der Waals surface area contributed by atoms with Gasteiger partial charge in [0.1, 0.15) is 17.7 Å². The second kappa shape index (κ2) is 5.82. The van der Waals surface area contributed by atoms with Gasteiger partial charge in [0.05, 0.1) is 7.11 Å². The molecule has 0 spiro atoms. The Hall–Kier alpha value is -1.91. The zero-order valence-corrected chi connectivity index (χ0v) is 10.6. The molecule has 0 aliphatic carbocycles. The second-order valence-electron chi connectivity index (χ2n) is 4.23. The first kappa shape index (κ1) is 13.5. The molecule has 0 saturated heterocycles. The fourth-order valence-electron chi connectivity index (χ4n) is 1.93. The van der Waals surface area contributed by atoms with Crippen molar-refractivity contribution in [2.75, 3.05) is 7.11 Å². The predicted molar refractivity (Wildman–Crippen MR) is 71.3 cm³/mol. The van der Waals surface area contributed by atoms with Crippen molar-refractivity contribution in [3.63, 3.8) is 0 Å².